The molecular weight excluding hydrogens is 230 g/mol. The summed E-state index contributed by atoms with van der Waals surface area (Å²) in [6.45, 7) is 9.90. The third-order valence-electron chi connectivity index (χ3n) is 3.05. The summed E-state index contributed by atoms with van der Waals surface area (Å²) < 4.78 is 42.6. The molecule has 0 radical (unpaired) electrons. The molecule has 0 amide bonds. The highest BCUT2D eigenvalue weighted by Crippen LogP contribution is 2.49. The molecule has 2 aliphatic rings. The average molecular weight is 246 g/mol. The molecule has 96 valence electrons. The summed E-state index contributed by atoms with van der Waals surface area (Å²) >= 11 is 0. The van der Waals surface area contributed by atoms with Crippen LogP contribution in [0, 0.1) is 0 Å². The zero-order chi connectivity index (χ0) is 12.8. The SMILES string of the molecule is C=C(F)C1(OC2(C(=C)F)CC(C)O2)CC(C)O1. The number of hydrogen-bond acceptors (Lipinski definition) is 3. The molecule has 17 heavy (non-hydrogen) atoms. The van der Waals surface area contributed by atoms with Crippen LogP contribution in [0.15, 0.2) is 24.8 Å². The lowest BCUT2D eigenvalue weighted by atomic mass is 9.96. The van der Waals surface area contributed by atoms with Gasteiger partial charge < -0.3 is 14.2 Å². The fourth-order valence-electron chi connectivity index (χ4n) is 2.25. The van der Waals surface area contributed by atoms with E-state index in [1.54, 1.807) is 13.8 Å². The number of halogens is 2. The van der Waals surface area contributed by atoms with Gasteiger partial charge in [-0.3, -0.25) is 0 Å². The molecule has 0 bridgehead atoms. The van der Waals surface area contributed by atoms with Gasteiger partial charge in [-0.2, -0.15) is 0 Å². The van der Waals surface area contributed by atoms with Crippen molar-refractivity contribution in [1.29, 1.82) is 0 Å². The van der Waals surface area contributed by atoms with Gasteiger partial charge in [0.2, 0.25) is 11.6 Å². The minimum atomic E-state index is -1.59. The van der Waals surface area contributed by atoms with Crippen molar-refractivity contribution in [1.82, 2.24) is 0 Å². The molecule has 2 saturated heterocycles. The van der Waals surface area contributed by atoms with Gasteiger partial charge in [-0.05, 0) is 13.8 Å². The average Bonchev–Trinajstić information content (AvgIpc) is 2.10. The first-order chi connectivity index (χ1) is 7.80. The highest BCUT2D eigenvalue weighted by atomic mass is 19.1. The minimum Gasteiger partial charge on any atom is -0.341 e. The van der Waals surface area contributed by atoms with Crippen molar-refractivity contribution in [3.05, 3.63) is 24.8 Å². The maximum atomic E-state index is 13.4. The zero-order valence-corrected chi connectivity index (χ0v) is 9.96. The van der Waals surface area contributed by atoms with Crippen LogP contribution in [0.25, 0.3) is 0 Å². The molecule has 2 fully saturated rings. The molecule has 4 unspecified atom stereocenters. The molecule has 0 aromatic carbocycles. The summed E-state index contributed by atoms with van der Waals surface area (Å²) in [5.41, 5.74) is 0. The summed E-state index contributed by atoms with van der Waals surface area (Å²) in [4.78, 5) is 0. The molecule has 0 spiro atoms. The van der Waals surface area contributed by atoms with Gasteiger partial charge in [-0.15, -0.1) is 0 Å². The van der Waals surface area contributed by atoms with Gasteiger partial charge in [0.1, 0.15) is 0 Å². The molecule has 2 rings (SSSR count). The van der Waals surface area contributed by atoms with Crippen molar-refractivity contribution in [2.24, 2.45) is 0 Å². The second-order valence-corrected chi connectivity index (χ2v) is 4.68. The Balaban J connectivity index is 2.13. The van der Waals surface area contributed by atoms with E-state index in [0.717, 1.165) is 0 Å². The second-order valence-electron chi connectivity index (χ2n) is 4.68. The van der Waals surface area contributed by atoms with Crippen molar-refractivity contribution in [3.63, 3.8) is 0 Å². The van der Waals surface area contributed by atoms with Crippen LogP contribution in [-0.2, 0) is 14.2 Å². The summed E-state index contributed by atoms with van der Waals surface area (Å²) in [6.07, 6.45) is 0.277. The highest BCUT2D eigenvalue weighted by Gasteiger charge is 2.59. The van der Waals surface area contributed by atoms with Crippen LogP contribution >= 0.6 is 0 Å². The predicted octanol–water partition coefficient (Wildman–Crippen LogP) is 2.98. The predicted molar refractivity (Wildman–Crippen MR) is 57.4 cm³/mol. The molecule has 2 heterocycles. The molecule has 4 atom stereocenters. The normalized spacial score (nSPS) is 44.7. The topological polar surface area (TPSA) is 27.7 Å². The second kappa shape index (κ2) is 3.86. The van der Waals surface area contributed by atoms with Crippen molar-refractivity contribution in [2.45, 2.75) is 50.5 Å². The van der Waals surface area contributed by atoms with E-state index in [1.165, 1.54) is 0 Å². The van der Waals surface area contributed by atoms with Crippen molar-refractivity contribution in [3.8, 4) is 0 Å². The summed E-state index contributed by atoms with van der Waals surface area (Å²) in [5.74, 6) is -4.73. The third-order valence-corrected chi connectivity index (χ3v) is 3.05. The fraction of sp³-hybridized carbons (Fsp3) is 0.667. The maximum Gasteiger partial charge on any atom is 0.227 e. The minimum absolute atomic E-state index is 0.148. The summed E-state index contributed by atoms with van der Waals surface area (Å²) in [7, 11) is 0. The van der Waals surface area contributed by atoms with Crippen LogP contribution in [0.5, 0.6) is 0 Å². The van der Waals surface area contributed by atoms with E-state index in [0.29, 0.717) is 0 Å². The Labute approximate surface area is 99.0 Å². The Bertz CT molecular complexity index is 321. The van der Waals surface area contributed by atoms with Gasteiger partial charge in [-0.1, -0.05) is 13.2 Å². The smallest absolute Gasteiger partial charge is 0.227 e. The number of hydrogen-bond donors (Lipinski definition) is 0. The first-order valence-corrected chi connectivity index (χ1v) is 5.55. The zero-order valence-electron chi connectivity index (χ0n) is 9.96. The first kappa shape index (κ1) is 12.7. The van der Waals surface area contributed by atoms with Crippen molar-refractivity contribution in [2.75, 3.05) is 0 Å². The van der Waals surface area contributed by atoms with E-state index >= 15 is 0 Å². The fourth-order valence-corrected chi connectivity index (χ4v) is 2.25. The Morgan fingerprint density at radius 1 is 1.06 bits per heavy atom. The number of ether oxygens (including phenoxy) is 3. The van der Waals surface area contributed by atoms with Crippen LogP contribution in [0.1, 0.15) is 26.7 Å². The summed E-state index contributed by atoms with van der Waals surface area (Å²) in [5, 5.41) is 0. The molecule has 3 nitrogen and oxygen atoms in total. The number of rotatable bonds is 4. The van der Waals surface area contributed by atoms with Gasteiger partial charge in [0.25, 0.3) is 0 Å². The summed E-state index contributed by atoms with van der Waals surface area (Å²) in [6, 6.07) is 0. The molecule has 2 aliphatic heterocycles. The monoisotopic (exact) mass is 246 g/mol. The molecule has 0 saturated carbocycles. The van der Waals surface area contributed by atoms with E-state index < -0.39 is 23.2 Å². The van der Waals surface area contributed by atoms with Crippen molar-refractivity contribution >= 4 is 0 Å². The van der Waals surface area contributed by atoms with E-state index in [2.05, 4.69) is 13.2 Å². The lowest BCUT2D eigenvalue weighted by Crippen LogP contribution is -2.62. The quantitative estimate of drug-likeness (QED) is 0.763. The lowest BCUT2D eigenvalue weighted by molar-refractivity contribution is -0.436. The van der Waals surface area contributed by atoms with Crippen LogP contribution in [0.4, 0.5) is 8.78 Å². The van der Waals surface area contributed by atoms with Crippen LogP contribution in [-0.4, -0.2) is 23.8 Å². The van der Waals surface area contributed by atoms with Crippen LogP contribution in [0.2, 0.25) is 0 Å². The van der Waals surface area contributed by atoms with E-state index in [1.807, 2.05) is 0 Å². The van der Waals surface area contributed by atoms with Gasteiger partial charge >= 0.3 is 0 Å². The maximum absolute atomic E-state index is 13.4. The van der Waals surface area contributed by atoms with E-state index in [9.17, 15) is 8.78 Å². The Morgan fingerprint density at radius 2 is 1.35 bits per heavy atom. The van der Waals surface area contributed by atoms with E-state index in [4.69, 9.17) is 14.2 Å². The van der Waals surface area contributed by atoms with Gasteiger partial charge in [-0.25, -0.2) is 8.78 Å². The molecular formula is C12H16F2O3. The first-order valence-electron chi connectivity index (χ1n) is 5.55. The third kappa shape index (κ3) is 1.92. The van der Waals surface area contributed by atoms with Crippen LogP contribution in [0.3, 0.4) is 0 Å². The molecule has 0 aliphatic carbocycles. The molecule has 0 aromatic heterocycles. The Kier molecular flexibility index (Phi) is 2.88. The molecule has 0 aromatic rings. The highest BCUT2D eigenvalue weighted by molar-refractivity contribution is 5.12. The van der Waals surface area contributed by atoms with Gasteiger partial charge in [0.15, 0.2) is 11.7 Å². The van der Waals surface area contributed by atoms with Crippen molar-refractivity contribution < 1.29 is 23.0 Å². The molecule has 5 heteroatoms. The van der Waals surface area contributed by atoms with Crippen LogP contribution < -0.4 is 0 Å². The van der Waals surface area contributed by atoms with Gasteiger partial charge in [0.05, 0.1) is 12.2 Å². The Hall–Kier alpha value is -0.780. The van der Waals surface area contributed by atoms with E-state index in [-0.39, 0.29) is 25.0 Å². The Morgan fingerprint density at radius 3 is 1.53 bits per heavy atom. The largest absolute Gasteiger partial charge is 0.341 e. The standard InChI is InChI=1S/C12H16F2O3/c1-7-5-11(15-7,9(3)13)17-12(10(4)14)6-8(2)16-12/h7-8H,3-6H2,1-2H3. The van der Waals surface area contributed by atoms with Gasteiger partial charge in [0, 0.05) is 12.8 Å². The molecule has 0 N–H and O–H groups in total. The lowest BCUT2D eigenvalue weighted by Gasteiger charge is -2.53.